The number of carbonyl (C=O) groups is 1. The van der Waals surface area contributed by atoms with Crippen molar-refractivity contribution in [1.29, 1.82) is 0 Å². The second kappa shape index (κ2) is 9.66. The van der Waals surface area contributed by atoms with Gasteiger partial charge >= 0.3 is 0 Å². The van der Waals surface area contributed by atoms with Gasteiger partial charge in [0.25, 0.3) is 0 Å². The summed E-state index contributed by atoms with van der Waals surface area (Å²) in [6.45, 7) is 5.59. The van der Waals surface area contributed by atoms with Gasteiger partial charge in [-0.1, -0.05) is 12.1 Å². The highest BCUT2D eigenvalue weighted by atomic mass is 35.5. The molecule has 0 spiro atoms. The number of carbonyl (C=O) groups excluding carboxylic acids is 1. The summed E-state index contributed by atoms with van der Waals surface area (Å²) in [6.07, 6.45) is 2.17. The summed E-state index contributed by atoms with van der Waals surface area (Å²) in [5, 5.41) is 2.94. The number of nitrogens with one attached hydrogen (secondary N) is 1. The summed E-state index contributed by atoms with van der Waals surface area (Å²) in [7, 11) is 0. The van der Waals surface area contributed by atoms with Crippen molar-refractivity contribution in [3.8, 4) is 5.75 Å². The minimum absolute atomic E-state index is 0. The van der Waals surface area contributed by atoms with Crippen molar-refractivity contribution in [1.82, 2.24) is 4.90 Å². The minimum Gasteiger partial charge on any atom is -0.492 e. The lowest BCUT2D eigenvalue weighted by Gasteiger charge is -2.30. The summed E-state index contributed by atoms with van der Waals surface area (Å²) in [5.41, 5.74) is 6.42. The van der Waals surface area contributed by atoms with E-state index in [2.05, 4.69) is 10.2 Å². The molecule has 124 valence electrons. The number of para-hydroxylation sites is 2. The van der Waals surface area contributed by atoms with E-state index in [1.54, 1.807) is 0 Å². The zero-order chi connectivity index (χ0) is 15.1. The number of nitrogens with zero attached hydrogens (tertiary/aromatic N) is 1. The van der Waals surface area contributed by atoms with E-state index in [4.69, 9.17) is 10.5 Å². The Bertz CT molecular complexity index is 462. The molecule has 1 fully saturated rings. The average molecular weight is 328 g/mol. The maximum absolute atomic E-state index is 12.2. The molecular formula is C16H26ClN3O2. The van der Waals surface area contributed by atoms with Gasteiger partial charge in [-0.05, 0) is 57.5 Å². The monoisotopic (exact) mass is 327 g/mol. The van der Waals surface area contributed by atoms with E-state index in [1.807, 2.05) is 31.2 Å². The van der Waals surface area contributed by atoms with Crippen LogP contribution in [0.5, 0.6) is 5.75 Å². The molecule has 1 aromatic carbocycles. The number of rotatable bonds is 6. The molecule has 0 atom stereocenters. The number of benzene rings is 1. The number of ether oxygens (including phenoxy) is 1. The molecule has 0 aliphatic carbocycles. The molecule has 6 heteroatoms. The number of amides is 1. The molecule has 22 heavy (non-hydrogen) atoms. The Labute approximate surface area is 138 Å². The Morgan fingerprint density at radius 3 is 2.68 bits per heavy atom. The predicted molar refractivity (Wildman–Crippen MR) is 91.7 cm³/mol. The van der Waals surface area contributed by atoms with Crippen LogP contribution >= 0.6 is 12.4 Å². The molecule has 1 aliphatic heterocycles. The van der Waals surface area contributed by atoms with Crippen LogP contribution in [0.4, 0.5) is 5.69 Å². The van der Waals surface area contributed by atoms with Gasteiger partial charge in [0.05, 0.1) is 18.8 Å². The zero-order valence-electron chi connectivity index (χ0n) is 13.1. The molecule has 0 aromatic heterocycles. The number of anilines is 1. The molecule has 1 aliphatic rings. The zero-order valence-corrected chi connectivity index (χ0v) is 13.9. The fraction of sp³-hybridized carbons (Fsp3) is 0.562. The Balaban J connectivity index is 0.00000242. The Morgan fingerprint density at radius 1 is 1.36 bits per heavy atom. The molecule has 0 radical (unpaired) electrons. The molecule has 0 saturated carbocycles. The number of nitrogens with two attached hydrogens (primary N) is 1. The lowest BCUT2D eigenvalue weighted by Crippen LogP contribution is -2.40. The quantitative estimate of drug-likeness (QED) is 0.840. The number of likely N-dealkylation sites (tertiary alicyclic amines) is 1. The van der Waals surface area contributed by atoms with E-state index in [0.29, 0.717) is 19.1 Å². The molecule has 1 aromatic rings. The topological polar surface area (TPSA) is 67.6 Å². The second-order valence-corrected chi connectivity index (χ2v) is 5.43. The molecule has 0 unspecified atom stereocenters. The third kappa shape index (κ3) is 5.48. The molecule has 1 saturated heterocycles. The van der Waals surface area contributed by atoms with Crippen LogP contribution in [0.2, 0.25) is 0 Å². The average Bonchev–Trinajstić information content (AvgIpc) is 2.50. The van der Waals surface area contributed by atoms with E-state index >= 15 is 0 Å². The lowest BCUT2D eigenvalue weighted by molar-refractivity contribution is -0.117. The van der Waals surface area contributed by atoms with Crippen LogP contribution in [0.15, 0.2) is 24.3 Å². The van der Waals surface area contributed by atoms with Crippen molar-refractivity contribution in [2.45, 2.75) is 19.8 Å². The summed E-state index contributed by atoms with van der Waals surface area (Å²) in [5.74, 6) is 1.34. The van der Waals surface area contributed by atoms with Crippen molar-refractivity contribution in [3.05, 3.63) is 24.3 Å². The first-order valence-corrected chi connectivity index (χ1v) is 7.67. The fourth-order valence-electron chi connectivity index (χ4n) is 2.62. The number of halogens is 1. The highest BCUT2D eigenvalue weighted by Crippen LogP contribution is 2.23. The largest absolute Gasteiger partial charge is 0.492 e. The highest BCUT2D eigenvalue weighted by molar-refractivity contribution is 5.93. The standard InChI is InChI=1S/C16H25N3O2.ClH/c1-2-21-15-6-4-3-5-14(15)18-16(20)12-19-9-7-13(11-17)8-10-19;/h3-6,13H,2,7-12,17H2,1H3,(H,18,20);1H. The molecule has 5 nitrogen and oxygen atoms in total. The van der Waals surface area contributed by atoms with Crippen molar-refractivity contribution in [2.24, 2.45) is 11.7 Å². The molecule has 1 amide bonds. The summed E-state index contributed by atoms with van der Waals surface area (Å²) in [4.78, 5) is 14.3. The molecule has 2 rings (SSSR count). The van der Waals surface area contributed by atoms with Crippen LogP contribution in [0, 0.1) is 5.92 Å². The van der Waals surface area contributed by atoms with Gasteiger partial charge in [-0.3, -0.25) is 9.69 Å². The summed E-state index contributed by atoms with van der Waals surface area (Å²) < 4.78 is 5.51. The summed E-state index contributed by atoms with van der Waals surface area (Å²) >= 11 is 0. The van der Waals surface area contributed by atoms with Gasteiger partial charge in [-0.25, -0.2) is 0 Å². The van der Waals surface area contributed by atoms with E-state index in [9.17, 15) is 4.79 Å². The van der Waals surface area contributed by atoms with Crippen LogP contribution < -0.4 is 15.8 Å². The fourth-order valence-corrected chi connectivity index (χ4v) is 2.62. The third-order valence-electron chi connectivity index (χ3n) is 3.87. The van der Waals surface area contributed by atoms with Gasteiger partial charge in [0.1, 0.15) is 5.75 Å². The lowest BCUT2D eigenvalue weighted by atomic mass is 9.97. The number of hydrogen-bond donors (Lipinski definition) is 2. The first kappa shape index (κ1) is 18.7. The van der Waals surface area contributed by atoms with Gasteiger partial charge in [0, 0.05) is 0 Å². The van der Waals surface area contributed by atoms with E-state index < -0.39 is 0 Å². The Morgan fingerprint density at radius 2 is 2.05 bits per heavy atom. The van der Waals surface area contributed by atoms with Crippen molar-refractivity contribution in [3.63, 3.8) is 0 Å². The maximum Gasteiger partial charge on any atom is 0.238 e. The van der Waals surface area contributed by atoms with Crippen LogP contribution in [-0.2, 0) is 4.79 Å². The summed E-state index contributed by atoms with van der Waals surface area (Å²) in [6, 6.07) is 7.53. The van der Waals surface area contributed by atoms with Gasteiger partial charge in [-0.2, -0.15) is 0 Å². The van der Waals surface area contributed by atoms with Crippen molar-refractivity contribution in [2.75, 3.05) is 38.1 Å². The SMILES string of the molecule is CCOc1ccccc1NC(=O)CN1CCC(CN)CC1.Cl. The van der Waals surface area contributed by atoms with E-state index in [-0.39, 0.29) is 18.3 Å². The number of piperidine rings is 1. The first-order valence-electron chi connectivity index (χ1n) is 7.67. The second-order valence-electron chi connectivity index (χ2n) is 5.43. The Hall–Kier alpha value is -1.30. The predicted octanol–water partition coefficient (Wildman–Crippen LogP) is 2.12. The molecule has 3 N–H and O–H groups in total. The first-order chi connectivity index (χ1) is 10.2. The third-order valence-corrected chi connectivity index (χ3v) is 3.87. The van der Waals surface area contributed by atoms with E-state index in [1.165, 1.54) is 0 Å². The van der Waals surface area contributed by atoms with Crippen molar-refractivity contribution >= 4 is 24.0 Å². The van der Waals surface area contributed by atoms with Crippen molar-refractivity contribution < 1.29 is 9.53 Å². The maximum atomic E-state index is 12.2. The normalized spacial score (nSPS) is 15.9. The van der Waals surface area contributed by atoms with Gasteiger partial charge < -0.3 is 15.8 Å². The molecule has 1 heterocycles. The van der Waals surface area contributed by atoms with Crippen LogP contribution in [0.25, 0.3) is 0 Å². The Kier molecular flexibility index (Phi) is 8.24. The van der Waals surface area contributed by atoms with Crippen LogP contribution in [0.1, 0.15) is 19.8 Å². The molecular weight excluding hydrogens is 302 g/mol. The minimum atomic E-state index is 0. The van der Waals surface area contributed by atoms with Gasteiger partial charge in [-0.15, -0.1) is 12.4 Å². The smallest absolute Gasteiger partial charge is 0.238 e. The van der Waals surface area contributed by atoms with Gasteiger partial charge in [0.15, 0.2) is 0 Å². The molecule has 0 bridgehead atoms. The highest BCUT2D eigenvalue weighted by Gasteiger charge is 2.20. The van der Waals surface area contributed by atoms with Crippen LogP contribution in [0.3, 0.4) is 0 Å². The van der Waals surface area contributed by atoms with Gasteiger partial charge in [0.2, 0.25) is 5.91 Å². The van der Waals surface area contributed by atoms with Crippen LogP contribution in [-0.4, -0.2) is 43.6 Å². The number of hydrogen-bond acceptors (Lipinski definition) is 4. The van der Waals surface area contributed by atoms with E-state index in [0.717, 1.165) is 43.9 Å².